The Morgan fingerprint density at radius 1 is 1.21 bits per heavy atom. The van der Waals surface area contributed by atoms with Gasteiger partial charge in [0.05, 0.1) is 11.9 Å². The van der Waals surface area contributed by atoms with Crippen molar-refractivity contribution in [3.05, 3.63) is 12.4 Å². The Balaban J connectivity index is 0.00000140. The van der Waals surface area contributed by atoms with Crippen LogP contribution in [0.15, 0.2) is 12.4 Å². The van der Waals surface area contributed by atoms with Crippen molar-refractivity contribution in [2.45, 2.75) is 25.8 Å². The van der Waals surface area contributed by atoms with Crippen LogP contribution in [0.3, 0.4) is 0 Å². The molecular formula is C18H30Cl2N6O2. The summed E-state index contributed by atoms with van der Waals surface area (Å²) < 4.78 is 1.61. The minimum absolute atomic E-state index is 0. The van der Waals surface area contributed by atoms with E-state index >= 15 is 0 Å². The predicted molar refractivity (Wildman–Crippen MR) is 112 cm³/mol. The summed E-state index contributed by atoms with van der Waals surface area (Å²) in [6.45, 7) is 5.58. The van der Waals surface area contributed by atoms with Gasteiger partial charge in [0, 0.05) is 38.3 Å². The Kier molecular flexibility index (Phi) is 7.73. The maximum absolute atomic E-state index is 12.5. The number of carbonyl (C=O) groups is 2. The molecule has 28 heavy (non-hydrogen) atoms. The van der Waals surface area contributed by atoms with Gasteiger partial charge in [-0.1, -0.05) is 0 Å². The van der Waals surface area contributed by atoms with Crippen LogP contribution in [0, 0.1) is 11.3 Å². The highest BCUT2D eigenvalue weighted by Gasteiger charge is 2.57. The number of nitrogens with one attached hydrogen (secondary N) is 2. The number of amides is 2. The van der Waals surface area contributed by atoms with Crippen molar-refractivity contribution < 1.29 is 9.59 Å². The highest BCUT2D eigenvalue weighted by atomic mass is 35.5. The minimum Gasteiger partial charge on any atom is -0.339 e. The number of piperidine rings is 1. The van der Waals surface area contributed by atoms with Gasteiger partial charge < -0.3 is 20.4 Å². The molecule has 2 amide bonds. The van der Waals surface area contributed by atoms with E-state index in [1.165, 1.54) is 0 Å². The lowest BCUT2D eigenvalue weighted by atomic mass is 9.92. The van der Waals surface area contributed by atoms with Gasteiger partial charge in [-0.25, -0.2) is 0 Å². The molecule has 2 saturated heterocycles. The van der Waals surface area contributed by atoms with Gasteiger partial charge in [-0.3, -0.25) is 14.3 Å². The van der Waals surface area contributed by atoms with E-state index in [-0.39, 0.29) is 54.5 Å². The molecule has 3 fully saturated rings. The van der Waals surface area contributed by atoms with Crippen molar-refractivity contribution in [2.75, 3.05) is 51.6 Å². The van der Waals surface area contributed by atoms with Crippen molar-refractivity contribution in [3.8, 4) is 0 Å². The molecule has 2 N–H and O–H groups in total. The lowest BCUT2D eigenvalue weighted by Gasteiger charge is -2.32. The molecule has 1 aromatic rings. The summed E-state index contributed by atoms with van der Waals surface area (Å²) in [4.78, 5) is 29.0. The zero-order valence-electron chi connectivity index (χ0n) is 16.2. The maximum atomic E-state index is 12.5. The fraction of sp³-hybridized carbons (Fsp3) is 0.722. The third kappa shape index (κ3) is 4.97. The van der Waals surface area contributed by atoms with Crippen LogP contribution in [-0.4, -0.2) is 77.7 Å². The number of nitrogens with zero attached hydrogens (tertiary/aromatic N) is 4. The third-order valence-corrected chi connectivity index (χ3v) is 6.16. The second-order valence-corrected chi connectivity index (χ2v) is 7.97. The van der Waals surface area contributed by atoms with E-state index in [2.05, 4.69) is 27.7 Å². The van der Waals surface area contributed by atoms with Crippen LogP contribution in [0.1, 0.15) is 19.3 Å². The number of hydrogen-bond acceptors (Lipinski definition) is 5. The zero-order chi connectivity index (χ0) is 18.1. The largest absolute Gasteiger partial charge is 0.339 e. The maximum Gasteiger partial charge on any atom is 0.244 e. The number of piperazine rings is 1. The fourth-order valence-corrected chi connectivity index (χ4v) is 4.23. The Morgan fingerprint density at radius 3 is 2.57 bits per heavy atom. The molecule has 1 unspecified atom stereocenters. The molecule has 4 rings (SSSR count). The number of hydrogen-bond donors (Lipinski definition) is 2. The van der Waals surface area contributed by atoms with E-state index in [0.29, 0.717) is 5.69 Å². The van der Waals surface area contributed by atoms with E-state index < -0.39 is 0 Å². The number of likely N-dealkylation sites (N-methyl/N-ethyl adjacent to an activating group) is 1. The van der Waals surface area contributed by atoms with E-state index in [9.17, 15) is 9.59 Å². The van der Waals surface area contributed by atoms with Crippen molar-refractivity contribution in [2.24, 2.45) is 11.3 Å². The molecule has 0 bridgehead atoms. The van der Waals surface area contributed by atoms with Crippen molar-refractivity contribution in [1.82, 2.24) is 24.9 Å². The molecule has 0 aromatic carbocycles. The van der Waals surface area contributed by atoms with Crippen LogP contribution in [0.2, 0.25) is 0 Å². The molecule has 1 aliphatic carbocycles. The lowest BCUT2D eigenvalue weighted by Crippen LogP contribution is -2.48. The molecule has 0 radical (unpaired) electrons. The summed E-state index contributed by atoms with van der Waals surface area (Å²) in [6.07, 6.45) is 6.56. The molecule has 1 atom stereocenters. The first-order valence-corrected chi connectivity index (χ1v) is 9.56. The minimum atomic E-state index is 0. The lowest BCUT2D eigenvalue weighted by molar-refractivity contribution is -0.133. The highest BCUT2D eigenvalue weighted by Crippen LogP contribution is 2.58. The van der Waals surface area contributed by atoms with Crippen LogP contribution in [0.5, 0.6) is 0 Å². The SMILES string of the molecule is CN1CCN(C(=O)Cn2cc(NC(=O)C3CC34CCNCC4)cn2)CC1.Cl.Cl. The molecule has 10 heteroatoms. The molecule has 1 spiro atoms. The van der Waals surface area contributed by atoms with Gasteiger partial charge in [0.1, 0.15) is 6.54 Å². The molecule has 3 aliphatic rings. The van der Waals surface area contributed by atoms with Crippen molar-refractivity contribution in [3.63, 3.8) is 0 Å². The van der Waals surface area contributed by atoms with Crippen molar-refractivity contribution >= 4 is 42.3 Å². The summed E-state index contributed by atoms with van der Waals surface area (Å²) in [5, 5.41) is 10.6. The summed E-state index contributed by atoms with van der Waals surface area (Å²) in [7, 11) is 2.07. The van der Waals surface area contributed by atoms with E-state index in [4.69, 9.17) is 0 Å². The van der Waals surface area contributed by atoms with Gasteiger partial charge in [0.2, 0.25) is 11.8 Å². The van der Waals surface area contributed by atoms with Gasteiger partial charge in [0.25, 0.3) is 0 Å². The molecule has 158 valence electrons. The highest BCUT2D eigenvalue weighted by molar-refractivity contribution is 5.95. The topological polar surface area (TPSA) is 82.5 Å². The van der Waals surface area contributed by atoms with E-state index in [1.807, 2.05) is 4.90 Å². The Hall–Kier alpha value is -1.35. The quantitative estimate of drug-likeness (QED) is 0.735. The molecule has 2 aliphatic heterocycles. The zero-order valence-corrected chi connectivity index (χ0v) is 17.9. The van der Waals surface area contributed by atoms with E-state index in [0.717, 1.165) is 58.5 Å². The number of rotatable bonds is 4. The number of halogens is 2. The summed E-state index contributed by atoms with van der Waals surface area (Å²) in [6, 6.07) is 0. The molecule has 3 heterocycles. The van der Waals surface area contributed by atoms with Gasteiger partial charge in [-0.05, 0) is 44.8 Å². The van der Waals surface area contributed by atoms with Gasteiger partial charge in [0.15, 0.2) is 0 Å². The molecule has 1 saturated carbocycles. The molecular weight excluding hydrogens is 403 g/mol. The van der Waals surface area contributed by atoms with Crippen LogP contribution >= 0.6 is 24.8 Å². The monoisotopic (exact) mass is 432 g/mol. The summed E-state index contributed by atoms with van der Waals surface area (Å²) >= 11 is 0. The van der Waals surface area contributed by atoms with Gasteiger partial charge >= 0.3 is 0 Å². The summed E-state index contributed by atoms with van der Waals surface area (Å²) in [5.74, 6) is 0.298. The van der Waals surface area contributed by atoms with Crippen LogP contribution in [-0.2, 0) is 16.1 Å². The average Bonchev–Trinajstić information content (AvgIpc) is 3.14. The predicted octanol–water partition coefficient (Wildman–Crippen LogP) is 0.829. The van der Waals surface area contributed by atoms with Gasteiger partial charge in [-0.15, -0.1) is 24.8 Å². The first-order valence-electron chi connectivity index (χ1n) is 9.56. The number of aromatic nitrogens is 2. The van der Waals surface area contributed by atoms with Crippen molar-refractivity contribution in [1.29, 1.82) is 0 Å². The normalized spacial score (nSPS) is 23.5. The Labute approximate surface area is 178 Å². The molecule has 8 nitrogen and oxygen atoms in total. The summed E-state index contributed by atoms with van der Waals surface area (Å²) in [5.41, 5.74) is 0.903. The van der Waals surface area contributed by atoms with Crippen LogP contribution < -0.4 is 10.6 Å². The third-order valence-electron chi connectivity index (χ3n) is 6.16. The molecule has 1 aromatic heterocycles. The van der Waals surface area contributed by atoms with Crippen LogP contribution in [0.25, 0.3) is 0 Å². The second-order valence-electron chi connectivity index (χ2n) is 7.97. The first-order chi connectivity index (χ1) is 12.6. The standard InChI is InChI=1S/C18H28N6O2.2ClH/c1-22-6-8-23(9-7-22)16(25)13-24-12-14(11-20-24)21-17(26)15-10-18(15)2-4-19-5-3-18;;/h11-12,15,19H,2-10,13H2,1H3,(H,21,26);2*1H. The average molecular weight is 433 g/mol. The Morgan fingerprint density at radius 2 is 1.89 bits per heavy atom. The number of anilines is 1. The Bertz CT molecular complexity index is 683. The number of carbonyl (C=O) groups excluding carboxylic acids is 2. The first kappa shape index (κ1) is 22.9. The second kappa shape index (κ2) is 9.43. The van der Waals surface area contributed by atoms with E-state index in [1.54, 1.807) is 17.1 Å². The van der Waals surface area contributed by atoms with Gasteiger partial charge in [-0.2, -0.15) is 5.10 Å². The van der Waals surface area contributed by atoms with Crippen LogP contribution in [0.4, 0.5) is 5.69 Å². The fourth-order valence-electron chi connectivity index (χ4n) is 4.23. The smallest absolute Gasteiger partial charge is 0.244 e.